The second-order valence-electron chi connectivity index (χ2n) is 4.08. The first-order chi connectivity index (χ1) is 7.04. The number of benzene rings is 1. The predicted molar refractivity (Wildman–Crippen MR) is 50.9 cm³/mol. The number of nitrogens with one attached hydrogen (secondary N) is 1. The van der Waals surface area contributed by atoms with E-state index in [0.29, 0.717) is 13.0 Å². The summed E-state index contributed by atoms with van der Waals surface area (Å²) in [7, 11) is 0. The zero-order valence-corrected chi connectivity index (χ0v) is 8.41. The smallest absolute Gasteiger partial charge is 0.166 e. The van der Waals surface area contributed by atoms with Crippen molar-refractivity contribution >= 4 is 0 Å². The van der Waals surface area contributed by atoms with E-state index < -0.39 is 23.0 Å². The third-order valence-corrected chi connectivity index (χ3v) is 2.96. The lowest BCUT2D eigenvalue weighted by Gasteiger charge is -2.25. The van der Waals surface area contributed by atoms with Crippen LogP contribution in [0.3, 0.4) is 0 Å². The highest BCUT2D eigenvalue weighted by atomic mass is 19.2. The lowest BCUT2D eigenvalue weighted by atomic mass is 9.89. The van der Waals surface area contributed by atoms with Crippen LogP contribution in [0, 0.1) is 17.5 Å². The molecule has 82 valence electrons. The fraction of sp³-hybridized carbons (Fsp3) is 0.455. The highest BCUT2D eigenvalue weighted by Gasteiger charge is 2.36. The Morgan fingerprint density at radius 3 is 2.47 bits per heavy atom. The average molecular weight is 215 g/mol. The van der Waals surface area contributed by atoms with Crippen LogP contribution in [0.15, 0.2) is 12.1 Å². The number of hydrogen-bond donors (Lipinski definition) is 1. The Kier molecular flexibility index (Phi) is 2.46. The van der Waals surface area contributed by atoms with Crippen molar-refractivity contribution in [1.29, 1.82) is 0 Å². The fourth-order valence-corrected chi connectivity index (χ4v) is 2.14. The van der Waals surface area contributed by atoms with E-state index in [2.05, 4.69) is 5.32 Å². The van der Waals surface area contributed by atoms with Crippen molar-refractivity contribution in [2.24, 2.45) is 0 Å². The van der Waals surface area contributed by atoms with Gasteiger partial charge < -0.3 is 5.32 Å². The second-order valence-corrected chi connectivity index (χ2v) is 4.08. The lowest BCUT2D eigenvalue weighted by molar-refractivity contribution is 0.371. The maximum absolute atomic E-state index is 13.5. The van der Waals surface area contributed by atoms with E-state index in [0.717, 1.165) is 18.6 Å². The maximum Gasteiger partial charge on any atom is 0.166 e. The standard InChI is InChI=1S/C11H12F3N/c1-11(5-2-6-15-11)9-7(12)3-4-8(13)10(9)14/h3-4,15H,2,5-6H2,1H3. The monoisotopic (exact) mass is 215 g/mol. The van der Waals surface area contributed by atoms with Crippen molar-refractivity contribution in [2.45, 2.75) is 25.3 Å². The molecule has 1 atom stereocenters. The zero-order chi connectivity index (χ0) is 11.1. The zero-order valence-electron chi connectivity index (χ0n) is 8.41. The van der Waals surface area contributed by atoms with Crippen molar-refractivity contribution in [3.05, 3.63) is 35.1 Å². The molecule has 0 amide bonds. The first-order valence-corrected chi connectivity index (χ1v) is 4.93. The van der Waals surface area contributed by atoms with Crippen LogP contribution in [0.5, 0.6) is 0 Å². The molecule has 0 spiro atoms. The summed E-state index contributed by atoms with van der Waals surface area (Å²) in [4.78, 5) is 0. The average Bonchev–Trinajstić information content (AvgIpc) is 2.60. The van der Waals surface area contributed by atoms with Gasteiger partial charge in [0, 0.05) is 11.1 Å². The van der Waals surface area contributed by atoms with Gasteiger partial charge in [0.05, 0.1) is 0 Å². The largest absolute Gasteiger partial charge is 0.307 e. The van der Waals surface area contributed by atoms with Crippen LogP contribution in [-0.2, 0) is 5.54 Å². The Balaban J connectivity index is 2.55. The first-order valence-electron chi connectivity index (χ1n) is 4.93. The van der Waals surface area contributed by atoms with Crippen molar-refractivity contribution in [2.75, 3.05) is 6.54 Å². The molecular weight excluding hydrogens is 203 g/mol. The summed E-state index contributed by atoms with van der Waals surface area (Å²) in [6, 6.07) is 1.78. The van der Waals surface area contributed by atoms with Crippen molar-refractivity contribution in [3.8, 4) is 0 Å². The molecule has 1 fully saturated rings. The summed E-state index contributed by atoms with van der Waals surface area (Å²) in [5.74, 6) is -2.76. The lowest BCUT2D eigenvalue weighted by Crippen LogP contribution is -2.35. The maximum atomic E-state index is 13.5. The molecule has 15 heavy (non-hydrogen) atoms. The van der Waals surface area contributed by atoms with Gasteiger partial charge in [0.25, 0.3) is 0 Å². The predicted octanol–water partition coefficient (Wildman–Crippen LogP) is 2.70. The minimum Gasteiger partial charge on any atom is -0.307 e. The molecule has 1 aliphatic rings. The van der Waals surface area contributed by atoms with Crippen LogP contribution >= 0.6 is 0 Å². The van der Waals surface area contributed by atoms with E-state index >= 15 is 0 Å². The summed E-state index contributed by atoms with van der Waals surface area (Å²) in [6.07, 6.45) is 1.45. The molecule has 1 aromatic rings. The highest BCUT2D eigenvalue weighted by molar-refractivity contribution is 5.29. The molecule has 1 N–H and O–H groups in total. The van der Waals surface area contributed by atoms with Gasteiger partial charge in [-0.15, -0.1) is 0 Å². The third-order valence-electron chi connectivity index (χ3n) is 2.96. The topological polar surface area (TPSA) is 12.0 Å². The molecule has 0 aliphatic carbocycles. The fourth-order valence-electron chi connectivity index (χ4n) is 2.14. The second kappa shape index (κ2) is 3.52. The van der Waals surface area contributed by atoms with E-state index in [1.807, 2.05) is 0 Å². The van der Waals surface area contributed by atoms with Crippen LogP contribution in [0.25, 0.3) is 0 Å². The molecule has 0 bridgehead atoms. The molecule has 1 unspecified atom stereocenters. The first kappa shape index (κ1) is 10.5. The minimum atomic E-state index is -1.08. The van der Waals surface area contributed by atoms with Crippen molar-refractivity contribution in [1.82, 2.24) is 5.32 Å². The van der Waals surface area contributed by atoms with Crippen LogP contribution in [-0.4, -0.2) is 6.54 Å². The van der Waals surface area contributed by atoms with Gasteiger partial charge in [-0.05, 0) is 38.4 Å². The Morgan fingerprint density at radius 1 is 1.20 bits per heavy atom. The summed E-state index contributed by atoms with van der Waals surface area (Å²) >= 11 is 0. The third kappa shape index (κ3) is 1.63. The summed E-state index contributed by atoms with van der Waals surface area (Å²) in [6.45, 7) is 2.40. The Labute approximate surface area is 86.3 Å². The van der Waals surface area contributed by atoms with Crippen LogP contribution in [0.2, 0.25) is 0 Å². The summed E-state index contributed by atoms with van der Waals surface area (Å²) < 4.78 is 40.0. The van der Waals surface area contributed by atoms with E-state index in [4.69, 9.17) is 0 Å². The van der Waals surface area contributed by atoms with Crippen molar-refractivity contribution < 1.29 is 13.2 Å². The summed E-state index contributed by atoms with van der Waals surface area (Å²) in [5.41, 5.74) is -0.962. The molecule has 4 heteroatoms. The molecular formula is C11H12F3N. The van der Waals surface area contributed by atoms with Crippen LogP contribution in [0.1, 0.15) is 25.3 Å². The highest BCUT2D eigenvalue weighted by Crippen LogP contribution is 2.34. The molecule has 1 heterocycles. The number of halogens is 3. The normalized spacial score (nSPS) is 25.9. The van der Waals surface area contributed by atoms with E-state index in [1.54, 1.807) is 6.92 Å². The molecule has 1 aromatic carbocycles. The molecule has 1 saturated heterocycles. The quantitative estimate of drug-likeness (QED) is 0.710. The molecule has 0 saturated carbocycles. The molecule has 0 aromatic heterocycles. The molecule has 2 rings (SSSR count). The van der Waals surface area contributed by atoms with Crippen LogP contribution < -0.4 is 5.32 Å². The van der Waals surface area contributed by atoms with E-state index in [9.17, 15) is 13.2 Å². The Bertz CT molecular complexity index is 384. The molecule has 1 aliphatic heterocycles. The number of rotatable bonds is 1. The molecule has 0 radical (unpaired) electrons. The van der Waals surface area contributed by atoms with Gasteiger partial charge in [0.15, 0.2) is 11.6 Å². The Morgan fingerprint density at radius 2 is 1.87 bits per heavy atom. The SMILES string of the molecule is CC1(c2c(F)ccc(F)c2F)CCCN1. The van der Waals surface area contributed by atoms with Gasteiger partial charge >= 0.3 is 0 Å². The van der Waals surface area contributed by atoms with E-state index in [-0.39, 0.29) is 5.56 Å². The van der Waals surface area contributed by atoms with Crippen LogP contribution in [0.4, 0.5) is 13.2 Å². The van der Waals surface area contributed by atoms with Gasteiger partial charge in [0.1, 0.15) is 5.82 Å². The van der Waals surface area contributed by atoms with Gasteiger partial charge in [-0.25, -0.2) is 13.2 Å². The Hall–Kier alpha value is -1.03. The van der Waals surface area contributed by atoms with Crippen molar-refractivity contribution in [3.63, 3.8) is 0 Å². The number of hydrogen-bond acceptors (Lipinski definition) is 1. The van der Waals surface area contributed by atoms with Gasteiger partial charge in [-0.2, -0.15) is 0 Å². The van der Waals surface area contributed by atoms with E-state index in [1.165, 1.54) is 0 Å². The van der Waals surface area contributed by atoms with Gasteiger partial charge in [-0.3, -0.25) is 0 Å². The van der Waals surface area contributed by atoms with Gasteiger partial charge in [0.2, 0.25) is 0 Å². The summed E-state index contributed by atoms with van der Waals surface area (Å²) in [5, 5.41) is 3.01. The minimum absolute atomic E-state index is 0.181. The van der Waals surface area contributed by atoms with Gasteiger partial charge in [-0.1, -0.05) is 0 Å². The molecule has 1 nitrogen and oxygen atoms in total.